The zero-order valence-electron chi connectivity index (χ0n) is 20.1. The normalized spacial score (nSPS) is 28.8. The van der Waals surface area contributed by atoms with Gasteiger partial charge in [-0.25, -0.2) is 19.7 Å². The van der Waals surface area contributed by atoms with Crippen molar-refractivity contribution in [1.29, 1.82) is 0 Å². The molecule has 200 valence electrons. The van der Waals surface area contributed by atoms with Crippen LogP contribution < -0.4 is 51.6 Å². The van der Waals surface area contributed by atoms with E-state index in [0.717, 1.165) is 4.57 Å². The van der Waals surface area contributed by atoms with E-state index in [1.165, 1.54) is 29.5 Å². The number of aliphatic hydroxyl groups is 2. The minimum absolute atomic E-state index is 0. The molecule has 3 aromatic heterocycles. The van der Waals surface area contributed by atoms with E-state index in [1.807, 2.05) is 0 Å². The van der Waals surface area contributed by atoms with Gasteiger partial charge in [-0.3, -0.25) is 13.7 Å². The monoisotopic (exact) mass is 562 g/mol. The number of aliphatic hydroxyl groups excluding tert-OH is 2. The van der Waals surface area contributed by atoms with E-state index in [1.54, 1.807) is 0 Å². The molecule has 0 bridgehead atoms. The fourth-order valence-corrected chi connectivity index (χ4v) is 5.21. The molecule has 19 heteroatoms. The Bertz CT molecular complexity index is 1390. The number of rotatable bonds is 8. The summed E-state index contributed by atoms with van der Waals surface area (Å²) in [5, 5.41) is 20.0. The van der Waals surface area contributed by atoms with Gasteiger partial charge in [0.1, 0.15) is 42.3 Å². The summed E-state index contributed by atoms with van der Waals surface area (Å²) in [6.45, 7) is -1.10. The van der Waals surface area contributed by atoms with Crippen LogP contribution in [0.1, 0.15) is 25.3 Å². The molecular weight excluding hydrogens is 538 g/mol. The Morgan fingerprint density at radius 3 is 2.63 bits per heavy atom. The average Bonchev–Trinajstić information content (AvgIpc) is 3.54. The van der Waals surface area contributed by atoms with Gasteiger partial charge in [0, 0.05) is 19.0 Å². The first-order valence-corrected chi connectivity index (χ1v) is 12.6. The van der Waals surface area contributed by atoms with Crippen LogP contribution in [0.15, 0.2) is 29.7 Å². The first kappa shape index (κ1) is 29.0. The van der Waals surface area contributed by atoms with Crippen molar-refractivity contribution in [3.05, 3.63) is 35.4 Å². The van der Waals surface area contributed by atoms with Crippen LogP contribution in [0.2, 0.25) is 0 Å². The Hall–Kier alpha value is -2.02. The van der Waals surface area contributed by atoms with E-state index >= 15 is 0 Å². The predicted molar refractivity (Wildman–Crippen MR) is 121 cm³/mol. The number of hydrogen-bond acceptors (Lipinski definition) is 15. The van der Waals surface area contributed by atoms with Crippen molar-refractivity contribution in [1.82, 2.24) is 29.1 Å². The van der Waals surface area contributed by atoms with Crippen molar-refractivity contribution < 1.29 is 67.8 Å². The molecule has 2 fully saturated rings. The van der Waals surface area contributed by atoms with Crippen LogP contribution in [0.25, 0.3) is 11.2 Å². The van der Waals surface area contributed by atoms with Gasteiger partial charge in [0.2, 0.25) is 0 Å². The molecule has 2 aliphatic rings. The second kappa shape index (κ2) is 11.6. The molecule has 7 atom stereocenters. The first-order chi connectivity index (χ1) is 17.6. The smallest absolute Gasteiger partial charge is 0.756 e. The molecule has 2 saturated heterocycles. The first-order valence-electron chi connectivity index (χ1n) is 11.2. The number of nitrogens with zero attached hydrogens (tertiary/aromatic N) is 6. The Morgan fingerprint density at radius 1 is 1.16 bits per heavy atom. The molecule has 1 unspecified atom stereocenters. The Balaban J connectivity index is 0.00000336. The van der Waals surface area contributed by atoms with Gasteiger partial charge in [-0.1, -0.05) is 0 Å². The molecule has 0 aromatic carbocycles. The van der Waals surface area contributed by atoms with Gasteiger partial charge in [-0.15, -0.1) is 0 Å². The van der Waals surface area contributed by atoms with Crippen LogP contribution in [-0.2, 0) is 23.1 Å². The number of imidazole rings is 1. The van der Waals surface area contributed by atoms with Crippen molar-refractivity contribution >= 4 is 30.6 Å². The minimum Gasteiger partial charge on any atom is -0.756 e. The third-order valence-corrected chi connectivity index (χ3v) is 7.08. The van der Waals surface area contributed by atoms with E-state index in [-0.39, 0.29) is 54.0 Å². The fourth-order valence-electron chi connectivity index (χ4n) is 4.27. The number of phosphoric acid groups is 1. The van der Waals surface area contributed by atoms with Crippen molar-refractivity contribution in [2.45, 2.75) is 49.7 Å². The van der Waals surface area contributed by atoms with E-state index < -0.39 is 63.6 Å². The summed E-state index contributed by atoms with van der Waals surface area (Å²) in [5.74, 6) is 0.198. The summed E-state index contributed by atoms with van der Waals surface area (Å²) in [6, 6.07) is 1.39. The molecule has 0 radical (unpaired) electrons. The van der Waals surface area contributed by atoms with Gasteiger partial charge in [-0.05, 0) is 6.07 Å². The summed E-state index contributed by atoms with van der Waals surface area (Å²) >= 11 is 0. The van der Waals surface area contributed by atoms with Crippen LogP contribution in [0.3, 0.4) is 0 Å². The zero-order valence-corrected chi connectivity index (χ0v) is 23.0. The van der Waals surface area contributed by atoms with Crippen LogP contribution in [0.5, 0.6) is 0 Å². The average molecular weight is 562 g/mol. The molecule has 0 spiro atoms. The SMILES string of the molecule is Nc1ccn([C@H]2C[C@H](O)[C@@H](COP(=O)([O-])O[C@H]3C[C@H](n4cnc5c(N)ncnc54)O[C@@H]3CO)O2)c(=O)n1.[Na+]. The van der Waals surface area contributed by atoms with Crippen LogP contribution >= 0.6 is 7.82 Å². The van der Waals surface area contributed by atoms with Crippen LogP contribution in [0, 0.1) is 0 Å². The molecule has 2 aliphatic heterocycles. The number of ether oxygens (including phenoxy) is 2. The maximum absolute atomic E-state index is 12.6. The van der Waals surface area contributed by atoms with E-state index in [4.69, 9.17) is 30.0 Å². The van der Waals surface area contributed by atoms with Crippen molar-refractivity contribution in [2.75, 3.05) is 24.7 Å². The zero-order chi connectivity index (χ0) is 26.3. The van der Waals surface area contributed by atoms with Crippen molar-refractivity contribution in [2.24, 2.45) is 0 Å². The molecular formula is C19H24N8NaO9P. The number of phosphoric ester groups is 1. The Kier molecular flexibility index (Phi) is 8.85. The molecule has 0 saturated carbocycles. The van der Waals surface area contributed by atoms with E-state index in [9.17, 15) is 24.5 Å². The van der Waals surface area contributed by atoms with Gasteiger partial charge in [-0.2, -0.15) is 4.98 Å². The number of fused-ring (bicyclic) bond motifs is 1. The largest absolute Gasteiger partial charge is 1.00 e. The Morgan fingerprint density at radius 2 is 1.89 bits per heavy atom. The predicted octanol–water partition coefficient (Wildman–Crippen LogP) is -4.95. The van der Waals surface area contributed by atoms with E-state index in [2.05, 4.69) is 19.9 Å². The number of hydrogen-bond donors (Lipinski definition) is 4. The quantitative estimate of drug-likeness (QED) is 0.148. The van der Waals surface area contributed by atoms with Crippen molar-refractivity contribution in [3.8, 4) is 0 Å². The molecule has 0 amide bonds. The molecule has 6 N–H and O–H groups in total. The molecule has 0 aliphatic carbocycles. The van der Waals surface area contributed by atoms with Crippen LogP contribution in [-0.4, -0.2) is 76.9 Å². The topological polar surface area (TPSA) is 248 Å². The third-order valence-electron chi connectivity index (χ3n) is 6.09. The Labute approximate surface area is 236 Å². The summed E-state index contributed by atoms with van der Waals surface area (Å²) < 4.78 is 36.8. The number of nitrogens with two attached hydrogens (primary N) is 2. The molecule has 17 nitrogen and oxygen atoms in total. The van der Waals surface area contributed by atoms with Gasteiger partial charge in [0.25, 0.3) is 7.82 Å². The van der Waals surface area contributed by atoms with E-state index in [0.29, 0.717) is 11.2 Å². The molecule has 3 aromatic rings. The number of nitrogen functional groups attached to an aromatic ring is 2. The van der Waals surface area contributed by atoms with Gasteiger partial charge >= 0.3 is 35.2 Å². The van der Waals surface area contributed by atoms with Crippen molar-refractivity contribution in [3.63, 3.8) is 0 Å². The van der Waals surface area contributed by atoms with Crippen LogP contribution in [0.4, 0.5) is 11.6 Å². The standard InChI is InChI=1S/C19H25N8O9P.Na/c20-13-1-2-26(19(30)25-13)14-3-9(29)12(35-14)6-33-37(31,32)36-10-4-15(34-11(10)5-28)27-8-24-16-17(21)22-7-23-18(16)27;/h1-2,7-12,14-15,28-29H,3-6H2,(H,31,32)(H2,20,25,30)(H2,21,22,23);/q;+1/p-1/t9-,10-,11+,12+,14+,15+;/m0./s1. The summed E-state index contributed by atoms with van der Waals surface area (Å²) in [5.41, 5.74) is 11.3. The second-order valence-electron chi connectivity index (χ2n) is 8.49. The fraction of sp³-hybridized carbons (Fsp3) is 0.526. The number of anilines is 2. The maximum atomic E-state index is 12.6. The number of aromatic nitrogens is 6. The summed E-state index contributed by atoms with van der Waals surface area (Å²) in [7, 11) is -4.94. The summed E-state index contributed by atoms with van der Waals surface area (Å²) in [6.07, 6.45) is -1.85. The maximum Gasteiger partial charge on any atom is 1.00 e. The van der Waals surface area contributed by atoms with Gasteiger partial charge in [0.15, 0.2) is 11.5 Å². The molecule has 5 rings (SSSR count). The molecule has 38 heavy (non-hydrogen) atoms. The summed E-state index contributed by atoms with van der Waals surface area (Å²) in [4.78, 5) is 40.4. The second-order valence-corrected chi connectivity index (χ2v) is 9.86. The third kappa shape index (κ3) is 5.93. The van der Waals surface area contributed by atoms with Gasteiger partial charge < -0.3 is 45.1 Å². The minimum atomic E-state index is -4.94. The van der Waals surface area contributed by atoms with Gasteiger partial charge in [0.05, 0.1) is 31.7 Å². The molecule has 5 heterocycles.